The summed E-state index contributed by atoms with van der Waals surface area (Å²) in [7, 11) is 1.57. The minimum Gasteiger partial charge on any atom is -0.486 e. The van der Waals surface area contributed by atoms with E-state index >= 15 is 0 Å². The minimum absolute atomic E-state index is 0.200. The van der Waals surface area contributed by atoms with E-state index in [-0.39, 0.29) is 12.0 Å². The van der Waals surface area contributed by atoms with E-state index in [9.17, 15) is 9.59 Å². The summed E-state index contributed by atoms with van der Waals surface area (Å²) in [5.41, 5.74) is 0.427. The fourth-order valence-electron chi connectivity index (χ4n) is 2.17. The highest BCUT2D eigenvalue weighted by atomic mass is 35.5. The molecule has 3 atom stereocenters. The first-order valence-corrected chi connectivity index (χ1v) is 7.29. The van der Waals surface area contributed by atoms with Crippen molar-refractivity contribution in [3.63, 3.8) is 0 Å². The lowest BCUT2D eigenvalue weighted by atomic mass is 10.2. The fourth-order valence-corrected chi connectivity index (χ4v) is 2.34. The topological polar surface area (TPSA) is 84.9 Å². The molecule has 0 aliphatic heterocycles. The van der Waals surface area contributed by atoms with Crippen molar-refractivity contribution >= 4 is 29.2 Å². The maximum absolute atomic E-state index is 12.1. The van der Waals surface area contributed by atoms with E-state index in [4.69, 9.17) is 26.2 Å². The van der Waals surface area contributed by atoms with Gasteiger partial charge in [-0.3, -0.25) is 9.59 Å². The zero-order valence-corrected chi connectivity index (χ0v) is 13.1. The van der Waals surface area contributed by atoms with Gasteiger partial charge in [-0.05, 0) is 31.5 Å². The van der Waals surface area contributed by atoms with Crippen LogP contribution in [0.5, 0.6) is 5.75 Å². The van der Waals surface area contributed by atoms with Gasteiger partial charge in [0.05, 0.1) is 24.1 Å². The third-order valence-electron chi connectivity index (χ3n) is 3.37. The molecule has 7 heteroatoms. The molecule has 6 nitrogen and oxygen atoms in total. The van der Waals surface area contributed by atoms with Crippen LogP contribution in [0.4, 0.5) is 5.69 Å². The van der Waals surface area contributed by atoms with Crippen molar-refractivity contribution in [1.82, 2.24) is 0 Å². The number of aliphatic carboxylic acids is 1. The van der Waals surface area contributed by atoms with Crippen molar-refractivity contribution in [3.05, 3.63) is 23.2 Å². The number of methoxy groups -OCH3 is 1. The number of benzene rings is 1. The Morgan fingerprint density at radius 1 is 1.45 bits per heavy atom. The standard InChI is InChI=1S/C15H18ClNO5/c1-8(7-21-2)22-13-4-3-9(16)5-12(13)17-14(18)10-6-11(10)15(19)20/h3-5,8,10-11H,6-7H2,1-2H3,(H,17,18)(H,19,20). The Morgan fingerprint density at radius 2 is 2.18 bits per heavy atom. The van der Waals surface area contributed by atoms with Crippen LogP contribution in [0, 0.1) is 11.8 Å². The van der Waals surface area contributed by atoms with Crippen LogP contribution in [0.1, 0.15) is 13.3 Å². The summed E-state index contributed by atoms with van der Waals surface area (Å²) in [6.45, 7) is 2.24. The van der Waals surface area contributed by atoms with Gasteiger partial charge >= 0.3 is 5.97 Å². The van der Waals surface area contributed by atoms with Gasteiger partial charge in [-0.15, -0.1) is 0 Å². The molecular weight excluding hydrogens is 310 g/mol. The summed E-state index contributed by atoms with van der Waals surface area (Å²) in [6, 6.07) is 4.89. The van der Waals surface area contributed by atoms with Crippen molar-refractivity contribution in [2.75, 3.05) is 19.0 Å². The number of anilines is 1. The van der Waals surface area contributed by atoms with E-state index in [1.165, 1.54) is 0 Å². The van der Waals surface area contributed by atoms with E-state index in [0.717, 1.165) is 0 Å². The molecule has 120 valence electrons. The van der Waals surface area contributed by atoms with Gasteiger partial charge in [0.2, 0.25) is 5.91 Å². The highest BCUT2D eigenvalue weighted by molar-refractivity contribution is 6.31. The Balaban J connectivity index is 2.07. The molecule has 0 saturated heterocycles. The molecule has 1 aromatic carbocycles. The second-order valence-electron chi connectivity index (χ2n) is 5.30. The number of carboxylic acid groups (broad SMARTS) is 1. The fraction of sp³-hybridized carbons (Fsp3) is 0.467. The van der Waals surface area contributed by atoms with E-state index < -0.39 is 17.8 Å². The van der Waals surface area contributed by atoms with Crippen LogP contribution in [0.2, 0.25) is 5.02 Å². The number of halogens is 1. The number of nitrogens with one attached hydrogen (secondary N) is 1. The third-order valence-corrected chi connectivity index (χ3v) is 3.61. The second-order valence-corrected chi connectivity index (χ2v) is 5.74. The maximum Gasteiger partial charge on any atom is 0.307 e. The van der Waals surface area contributed by atoms with E-state index in [1.807, 2.05) is 6.92 Å². The van der Waals surface area contributed by atoms with Crippen LogP contribution in [-0.2, 0) is 14.3 Å². The first-order valence-electron chi connectivity index (χ1n) is 6.91. The molecule has 1 saturated carbocycles. The van der Waals surface area contributed by atoms with Crippen molar-refractivity contribution in [2.24, 2.45) is 11.8 Å². The SMILES string of the molecule is COCC(C)Oc1ccc(Cl)cc1NC(=O)C1CC1C(=O)O. The normalized spacial score (nSPS) is 21.0. The molecule has 3 unspecified atom stereocenters. The van der Waals surface area contributed by atoms with Crippen molar-refractivity contribution in [1.29, 1.82) is 0 Å². The summed E-state index contributed by atoms with van der Waals surface area (Å²) >= 11 is 5.95. The van der Waals surface area contributed by atoms with Gasteiger partial charge in [0, 0.05) is 12.1 Å². The zero-order valence-electron chi connectivity index (χ0n) is 12.3. The monoisotopic (exact) mass is 327 g/mol. The smallest absolute Gasteiger partial charge is 0.307 e. The van der Waals surface area contributed by atoms with Gasteiger partial charge in [-0.2, -0.15) is 0 Å². The number of carbonyl (C=O) groups is 2. The van der Waals surface area contributed by atoms with Gasteiger partial charge in [0.15, 0.2) is 0 Å². The lowest BCUT2D eigenvalue weighted by molar-refractivity contribution is -0.139. The number of carboxylic acids is 1. The predicted molar refractivity (Wildman–Crippen MR) is 81.3 cm³/mol. The van der Waals surface area contributed by atoms with Crippen LogP contribution in [0.25, 0.3) is 0 Å². The van der Waals surface area contributed by atoms with Crippen molar-refractivity contribution < 1.29 is 24.2 Å². The molecule has 0 spiro atoms. The van der Waals surface area contributed by atoms with Crippen LogP contribution in [0.15, 0.2) is 18.2 Å². The average molecular weight is 328 g/mol. The Bertz CT molecular complexity index is 577. The van der Waals surface area contributed by atoms with Crippen LogP contribution < -0.4 is 10.1 Å². The summed E-state index contributed by atoms with van der Waals surface area (Å²) in [6.07, 6.45) is 0.160. The summed E-state index contributed by atoms with van der Waals surface area (Å²) < 4.78 is 10.7. The molecule has 1 amide bonds. The number of hydrogen-bond donors (Lipinski definition) is 2. The third kappa shape index (κ3) is 4.11. The summed E-state index contributed by atoms with van der Waals surface area (Å²) in [5, 5.41) is 12.0. The summed E-state index contributed by atoms with van der Waals surface area (Å²) in [4.78, 5) is 22.9. The average Bonchev–Trinajstić information content (AvgIpc) is 3.22. The number of amides is 1. The lowest BCUT2D eigenvalue weighted by Gasteiger charge is -2.17. The highest BCUT2D eigenvalue weighted by Gasteiger charge is 2.48. The lowest BCUT2D eigenvalue weighted by Crippen LogP contribution is -2.21. The Hall–Kier alpha value is -1.79. The number of rotatable bonds is 7. The first-order chi connectivity index (χ1) is 10.4. The van der Waals surface area contributed by atoms with Gasteiger partial charge in [0.1, 0.15) is 11.9 Å². The Kier molecular flexibility index (Phi) is 5.26. The van der Waals surface area contributed by atoms with Crippen LogP contribution in [0.3, 0.4) is 0 Å². The molecule has 1 aliphatic rings. The largest absolute Gasteiger partial charge is 0.486 e. The van der Waals surface area contributed by atoms with E-state index in [2.05, 4.69) is 5.32 Å². The molecular formula is C15H18ClNO5. The van der Waals surface area contributed by atoms with Gasteiger partial charge in [-0.25, -0.2) is 0 Å². The highest BCUT2D eigenvalue weighted by Crippen LogP contribution is 2.40. The van der Waals surface area contributed by atoms with Crippen LogP contribution in [-0.4, -0.2) is 36.8 Å². The Labute approximate surface area is 133 Å². The van der Waals surface area contributed by atoms with Gasteiger partial charge < -0.3 is 19.9 Å². The molecule has 2 rings (SSSR count). The molecule has 22 heavy (non-hydrogen) atoms. The first kappa shape index (κ1) is 16.6. The summed E-state index contributed by atoms with van der Waals surface area (Å²) in [5.74, 6) is -1.91. The number of ether oxygens (including phenoxy) is 2. The van der Waals surface area contributed by atoms with E-state index in [0.29, 0.717) is 29.5 Å². The molecule has 0 heterocycles. The molecule has 1 aliphatic carbocycles. The van der Waals surface area contributed by atoms with Gasteiger partial charge in [0.25, 0.3) is 0 Å². The number of carbonyl (C=O) groups excluding carboxylic acids is 1. The van der Waals surface area contributed by atoms with Gasteiger partial charge in [-0.1, -0.05) is 11.6 Å². The van der Waals surface area contributed by atoms with Crippen molar-refractivity contribution in [3.8, 4) is 5.75 Å². The maximum atomic E-state index is 12.1. The molecule has 0 radical (unpaired) electrons. The van der Waals surface area contributed by atoms with E-state index in [1.54, 1.807) is 25.3 Å². The Morgan fingerprint density at radius 3 is 2.77 bits per heavy atom. The molecule has 0 bridgehead atoms. The molecule has 2 N–H and O–H groups in total. The van der Waals surface area contributed by atoms with Crippen LogP contribution >= 0.6 is 11.6 Å². The minimum atomic E-state index is -0.948. The molecule has 0 aromatic heterocycles. The zero-order chi connectivity index (χ0) is 16.3. The second kappa shape index (κ2) is 6.98. The predicted octanol–water partition coefficient (Wildman–Crippen LogP) is 2.41. The number of hydrogen-bond acceptors (Lipinski definition) is 4. The molecule has 1 fully saturated rings. The quantitative estimate of drug-likeness (QED) is 0.803. The molecule has 1 aromatic rings. The van der Waals surface area contributed by atoms with Crippen molar-refractivity contribution in [2.45, 2.75) is 19.4 Å².